The van der Waals surface area contributed by atoms with Crippen LogP contribution in [0.25, 0.3) is 21.3 Å². The number of hydrogen-bond acceptors (Lipinski definition) is 4. The maximum Gasteiger partial charge on any atom is 0.303 e. The smallest absolute Gasteiger partial charge is 0.303 e. The number of carboxylic acid groups (broad SMARTS) is 1. The first-order valence-electron chi connectivity index (χ1n) is 8.42. The summed E-state index contributed by atoms with van der Waals surface area (Å²) < 4.78 is 4.00. The summed E-state index contributed by atoms with van der Waals surface area (Å²) in [6.07, 6.45) is 5.88. The van der Waals surface area contributed by atoms with Gasteiger partial charge in [0.05, 0.1) is 23.3 Å². The lowest BCUT2D eigenvalue weighted by Crippen LogP contribution is -2.04. The van der Waals surface area contributed by atoms with Gasteiger partial charge < -0.3 is 14.8 Å². The number of carboxylic acids is 1. The van der Waals surface area contributed by atoms with Crippen molar-refractivity contribution >= 4 is 17.3 Å². The second-order valence-corrected chi connectivity index (χ2v) is 7.13. The fourth-order valence-electron chi connectivity index (χ4n) is 3.00. The van der Waals surface area contributed by atoms with Crippen LogP contribution in [0.2, 0.25) is 0 Å². The zero-order valence-electron chi connectivity index (χ0n) is 14.3. The van der Waals surface area contributed by atoms with Crippen LogP contribution in [0.5, 0.6) is 5.75 Å². The number of rotatable bonds is 6. The molecule has 0 atom stereocenters. The van der Waals surface area contributed by atoms with Gasteiger partial charge in [-0.15, -0.1) is 11.3 Å². The van der Waals surface area contributed by atoms with Gasteiger partial charge >= 0.3 is 5.97 Å². The molecule has 0 aliphatic heterocycles. The number of thiophene rings is 1. The van der Waals surface area contributed by atoms with Gasteiger partial charge in [0.1, 0.15) is 10.8 Å². The standard InChI is InChI=1S/C20H17N3O3S/c24-16-5-1-14(2-6-16)23-15(4-10-20(25)26)3-7-17(23)18-8-9-19(27-18)22-12-11-21-13-22/h1-3,5-9,11-13,24H,4,10H2,(H,25,26). The van der Waals surface area contributed by atoms with E-state index in [-0.39, 0.29) is 12.2 Å². The molecule has 7 heteroatoms. The van der Waals surface area contributed by atoms with E-state index < -0.39 is 5.97 Å². The van der Waals surface area contributed by atoms with Crippen LogP contribution in [0.1, 0.15) is 12.1 Å². The highest BCUT2D eigenvalue weighted by Crippen LogP contribution is 2.34. The second-order valence-electron chi connectivity index (χ2n) is 6.06. The van der Waals surface area contributed by atoms with Crippen molar-refractivity contribution in [3.8, 4) is 27.0 Å². The Morgan fingerprint density at radius 2 is 1.89 bits per heavy atom. The first-order valence-corrected chi connectivity index (χ1v) is 9.24. The molecule has 3 heterocycles. The Morgan fingerprint density at radius 3 is 2.59 bits per heavy atom. The van der Waals surface area contributed by atoms with Crippen molar-refractivity contribution in [2.75, 3.05) is 0 Å². The quantitative estimate of drug-likeness (QED) is 0.528. The van der Waals surface area contributed by atoms with Crippen molar-refractivity contribution in [3.63, 3.8) is 0 Å². The molecule has 3 aromatic heterocycles. The number of imidazole rings is 1. The van der Waals surface area contributed by atoms with E-state index in [0.717, 1.165) is 27.0 Å². The Balaban J connectivity index is 1.78. The molecule has 0 bridgehead atoms. The fraction of sp³-hybridized carbons (Fsp3) is 0.100. The number of phenolic OH excluding ortho intramolecular Hbond substituents is 1. The van der Waals surface area contributed by atoms with Crippen LogP contribution in [0.15, 0.2) is 67.3 Å². The highest BCUT2D eigenvalue weighted by molar-refractivity contribution is 7.17. The molecule has 6 nitrogen and oxygen atoms in total. The molecule has 0 radical (unpaired) electrons. The average molecular weight is 379 g/mol. The molecule has 136 valence electrons. The van der Waals surface area contributed by atoms with E-state index in [1.54, 1.807) is 36.0 Å². The Morgan fingerprint density at radius 1 is 1.07 bits per heavy atom. The molecule has 0 amide bonds. The van der Waals surface area contributed by atoms with Crippen molar-refractivity contribution in [1.29, 1.82) is 0 Å². The van der Waals surface area contributed by atoms with Crippen molar-refractivity contribution < 1.29 is 15.0 Å². The summed E-state index contributed by atoms with van der Waals surface area (Å²) in [6, 6.07) is 15.0. The van der Waals surface area contributed by atoms with E-state index >= 15 is 0 Å². The van der Waals surface area contributed by atoms with E-state index in [1.807, 2.05) is 51.7 Å². The zero-order valence-corrected chi connectivity index (χ0v) is 15.1. The zero-order chi connectivity index (χ0) is 18.8. The normalized spacial score (nSPS) is 11.0. The number of hydrogen-bond donors (Lipinski definition) is 2. The summed E-state index contributed by atoms with van der Waals surface area (Å²) in [5.41, 5.74) is 2.78. The SMILES string of the molecule is O=C(O)CCc1ccc(-c2ccc(-n3ccnc3)s2)n1-c1ccc(O)cc1. The van der Waals surface area contributed by atoms with E-state index in [0.29, 0.717) is 6.42 Å². The van der Waals surface area contributed by atoms with Crippen LogP contribution in [-0.4, -0.2) is 30.3 Å². The van der Waals surface area contributed by atoms with Crippen LogP contribution in [0, 0.1) is 0 Å². The minimum Gasteiger partial charge on any atom is -0.508 e. The van der Waals surface area contributed by atoms with Crippen LogP contribution in [0.3, 0.4) is 0 Å². The molecule has 2 N–H and O–H groups in total. The van der Waals surface area contributed by atoms with Gasteiger partial charge in [0.2, 0.25) is 0 Å². The van der Waals surface area contributed by atoms with Crippen molar-refractivity contribution in [2.24, 2.45) is 0 Å². The first-order chi connectivity index (χ1) is 13.1. The molecule has 0 fully saturated rings. The van der Waals surface area contributed by atoms with Gasteiger partial charge in [-0.2, -0.15) is 0 Å². The van der Waals surface area contributed by atoms with Crippen LogP contribution in [-0.2, 0) is 11.2 Å². The largest absolute Gasteiger partial charge is 0.508 e. The lowest BCUT2D eigenvalue weighted by Gasteiger charge is -2.13. The predicted octanol–water partition coefficient (Wildman–Crippen LogP) is 4.11. The monoisotopic (exact) mass is 379 g/mol. The summed E-state index contributed by atoms with van der Waals surface area (Å²) >= 11 is 1.63. The van der Waals surface area contributed by atoms with Gasteiger partial charge in [-0.05, 0) is 55.0 Å². The summed E-state index contributed by atoms with van der Waals surface area (Å²) in [4.78, 5) is 16.2. The third kappa shape index (κ3) is 3.50. The topological polar surface area (TPSA) is 80.3 Å². The van der Waals surface area contributed by atoms with Gasteiger partial charge in [0.25, 0.3) is 0 Å². The maximum atomic E-state index is 11.0. The Labute approximate surface area is 159 Å². The molecular formula is C20H17N3O3S. The predicted molar refractivity (Wildman–Crippen MR) is 104 cm³/mol. The van der Waals surface area contributed by atoms with Crippen LogP contribution < -0.4 is 0 Å². The van der Waals surface area contributed by atoms with Crippen molar-refractivity contribution in [1.82, 2.24) is 14.1 Å². The number of phenols is 1. The molecule has 27 heavy (non-hydrogen) atoms. The number of aryl methyl sites for hydroxylation is 1. The highest BCUT2D eigenvalue weighted by atomic mass is 32.1. The minimum absolute atomic E-state index is 0.0618. The molecule has 0 saturated carbocycles. The number of aromatic nitrogens is 3. The van der Waals surface area contributed by atoms with Gasteiger partial charge in [-0.1, -0.05) is 0 Å². The number of carbonyl (C=O) groups is 1. The molecule has 0 aliphatic carbocycles. The molecule has 0 aliphatic rings. The Kier molecular flexibility index (Phi) is 4.52. The molecule has 0 spiro atoms. The van der Waals surface area contributed by atoms with Gasteiger partial charge in [-0.3, -0.25) is 9.36 Å². The Bertz CT molecular complexity index is 1060. The van der Waals surface area contributed by atoms with E-state index in [4.69, 9.17) is 5.11 Å². The maximum absolute atomic E-state index is 11.0. The Hall–Kier alpha value is -3.32. The number of benzene rings is 1. The van der Waals surface area contributed by atoms with Crippen molar-refractivity contribution in [2.45, 2.75) is 12.8 Å². The van der Waals surface area contributed by atoms with E-state index in [1.165, 1.54) is 0 Å². The molecule has 4 aromatic rings. The molecule has 1 aromatic carbocycles. The van der Waals surface area contributed by atoms with E-state index in [9.17, 15) is 9.90 Å². The number of aromatic hydroxyl groups is 1. The summed E-state index contributed by atoms with van der Waals surface area (Å²) in [6.45, 7) is 0. The van der Waals surface area contributed by atoms with Crippen molar-refractivity contribution in [3.05, 3.63) is 72.9 Å². The second kappa shape index (κ2) is 7.13. The highest BCUT2D eigenvalue weighted by Gasteiger charge is 2.15. The lowest BCUT2D eigenvalue weighted by atomic mass is 10.2. The molecule has 4 rings (SSSR count). The summed E-state index contributed by atoms with van der Waals surface area (Å²) in [5.74, 6) is -0.633. The lowest BCUT2D eigenvalue weighted by molar-refractivity contribution is -0.136. The third-order valence-corrected chi connectivity index (χ3v) is 5.39. The summed E-state index contributed by atoms with van der Waals surface area (Å²) in [7, 11) is 0. The van der Waals surface area contributed by atoms with Crippen LogP contribution in [0.4, 0.5) is 0 Å². The van der Waals surface area contributed by atoms with E-state index in [2.05, 4.69) is 4.98 Å². The fourth-order valence-corrected chi connectivity index (χ4v) is 3.98. The van der Waals surface area contributed by atoms with Crippen LogP contribution >= 0.6 is 11.3 Å². The summed E-state index contributed by atoms with van der Waals surface area (Å²) in [5, 5.41) is 19.7. The van der Waals surface area contributed by atoms with Gasteiger partial charge in [0.15, 0.2) is 0 Å². The first kappa shape index (κ1) is 17.1. The number of nitrogens with zero attached hydrogens (tertiary/aromatic N) is 3. The molecule has 0 unspecified atom stereocenters. The number of aliphatic carboxylic acids is 1. The van der Waals surface area contributed by atoms with Gasteiger partial charge in [0, 0.05) is 23.8 Å². The molecular weight excluding hydrogens is 362 g/mol. The average Bonchev–Trinajstić information content (AvgIpc) is 3.39. The third-order valence-electron chi connectivity index (χ3n) is 4.27. The molecule has 0 saturated heterocycles. The van der Waals surface area contributed by atoms with Gasteiger partial charge in [-0.25, -0.2) is 4.98 Å². The minimum atomic E-state index is -0.825.